The number of carbonyl (C=O) groups is 1. The number of aliphatic hydroxyl groups is 2. The lowest BCUT2D eigenvalue weighted by molar-refractivity contribution is -0.114. The molecular weight excluding hydrogens is 396 g/mol. The molecule has 8 nitrogen and oxygen atoms in total. The van der Waals surface area contributed by atoms with Crippen LogP contribution >= 0.6 is 0 Å². The van der Waals surface area contributed by atoms with E-state index in [4.69, 9.17) is 0 Å². The summed E-state index contributed by atoms with van der Waals surface area (Å²) in [6, 6.07) is 2.59. The Balaban J connectivity index is 1.51. The Morgan fingerprint density at radius 3 is 2.87 bits per heavy atom. The number of nitrogens with zero attached hydrogens (tertiary/aromatic N) is 3. The van der Waals surface area contributed by atoms with Gasteiger partial charge in [0.15, 0.2) is 0 Å². The number of amides is 1. The molecule has 1 aromatic carbocycles. The number of hydrogen-bond acceptors (Lipinski definition) is 7. The molecule has 30 heavy (non-hydrogen) atoms. The van der Waals surface area contributed by atoms with Crippen LogP contribution in [-0.4, -0.2) is 50.0 Å². The average Bonchev–Trinajstić information content (AvgIpc) is 3.17. The zero-order valence-electron chi connectivity index (χ0n) is 16.0. The van der Waals surface area contributed by atoms with Gasteiger partial charge in [-0.25, -0.2) is 18.7 Å². The maximum absolute atomic E-state index is 13.8. The molecule has 4 rings (SSSR count). The van der Waals surface area contributed by atoms with E-state index in [1.54, 1.807) is 0 Å². The number of aliphatic hydroxyl groups excluding tert-OH is 2. The minimum absolute atomic E-state index is 0.0177. The van der Waals surface area contributed by atoms with Gasteiger partial charge in [0.1, 0.15) is 29.5 Å². The average molecular weight is 417 g/mol. The largest absolute Gasteiger partial charge is 0.390 e. The van der Waals surface area contributed by atoms with E-state index in [0.29, 0.717) is 29.9 Å². The number of halogens is 2. The monoisotopic (exact) mass is 417 g/mol. The normalized spacial score (nSPS) is 22.9. The quantitative estimate of drug-likeness (QED) is 0.578. The lowest BCUT2D eigenvalue weighted by atomic mass is 9.90. The van der Waals surface area contributed by atoms with Crippen LogP contribution in [0, 0.1) is 11.6 Å². The second-order valence-corrected chi connectivity index (χ2v) is 7.37. The highest BCUT2D eigenvalue weighted by atomic mass is 19.1. The summed E-state index contributed by atoms with van der Waals surface area (Å²) in [7, 11) is 0. The van der Waals surface area contributed by atoms with E-state index in [9.17, 15) is 23.8 Å². The van der Waals surface area contributed by atoms with Crippen LogP contribution in [0.5, 0.6) is 0 Å². The van der Waals surface area contributed by atoms with Gasteiger partial charge < -0.3 is 20.8 Å². The van der Waals surface area contributed by atoms with Gasteiger partial charge in [-0.15, -0.1) is 0 Å². The summed E-state index contributed by atoms with van der Waals surface area (Å²) < 4.78 is 27.1. The molecule has 2 aromatic rings. The zero-order valence-corrected chi connectivity index (χ0v) is 16.0. The highest BCUT2D eigenvalue weighted by molar-refractivity contribution is 6.47. The molecule has 0 spiro atoms. The maximum atomic E-state index is 13.8. The summed E-state index contributed by atoms with van der Waals surface area (Å²) in [6.45, 7) is -0.0276. The number of anilines is 1. The molecule has 1 aromatic heterocycles. The number of aromatic nitrogens is 2. The Labute approximate surface area is 171 Å². The maximum Gasteiger partial charge on any atom is 0.270 e. The predicted molar refractivity (Wildman–Crippen MR) is 104 cm³/mol. The Hall–Kier alpha value is -2.98. The molecule has 0 unspecified atom stereocenters. The highest BCUT2D eigenvalue weighted by Gasteiger charge is 2.33. The van der Waals surface area contributed by atoms with E-state index >= 15 is 0 Å². The van der Waals surface area contributed by atoms with Crippen LogP contribution < -0.4 is 10.6 Å². The molecular formula is C20H21F2N5O3. The van der Waals surface area contributed by atoms with Gasteiger partial charge in [0.2, 0.25) is 0 Å². The minimum Gasteiger partial charge on any atom is -0.390 e. The third kappa shape index (κ3) is 4.01. The molecule has 0 bridgehead atoms. The van der Waals surface area contributed by atoms with E-state index < -0.39 is 35.8 Å². The van der Waals surface area contributed by atoms with E-state index in [2.05, 4.69) is 25.6 Å². The van der Waals surface area contributed by atoms with Crippen LogP contribution in [0.25, 0.3) is 0 Å². The SMILES string of the molecule is O=C(NCc1cc(F)ccc1F)C1=NCc2ncnc(N[C@@H]3CCC[C@@H](O)[C@H]3O)c21. The second-order valence-electron chi connectivity index (χ2n) is 7.37. The molecule has 2 aliphatic rings. The van der Waals surface area contributed by atoms with Crippen molar-refractivity contribution in [2.45, 2.75) is 50.6 Å². The fourth-order valence-electron chi connectivity index (χ4n) is 3.75. The number of fused-ring (bicyclic) bond motifs is 1. The summed E-state index contributed by atoms with van der Waals surface area (Å²) >= 11 is 0. The zero-order chi connectivity index (χ0) is 21.3. The van der Waals surface area contributed by atoms with Gasteiger partial charge in [0, 0.05) is 12.1 Å². The molecule has 0 saturated heterocycles. The third-order valence-electron chi connectivity index (χ3n) is 5.36. The van der Waals surface area contributed by atoms with Crippen molar-refractivity contribution in [1.29, 1.82) is 0 Å². The molecule has 158 valence electrons. The topological polar surface area (TPSA) is 120 Å². The van der Waals surface area contributed by atoms with Gasteiger partial charge >= 0.3 is 0 Å². The Kier molecular flexibility index (Phi) is 5.69. The first kappa shape index (κ1) is 20.3. The molecule has 1 aliphatic heterocycles. The van der Waals surface area contributed by atoms with Crippen LogP contribution in [0.3, 0.4) is 0 Å². The fourth-order valence-corrected chi connectivity index (χ4v) is 3.75. The van der Waals surface area contributed by atoms with E-state index in [1.807, 2.05) is 0 Å². The van der Waals surface area contributed by atoms with Gasteiger partial charge in [0.05, 0.1) is 36.1 Å². The first-order chi connectivity index (χ1) is 14.4. The summed E-state index contributed by atoms with van der Waals surface area (Å²) in [4.78, 5) is 25.3. The Morgan fingerprint density at radius 1 is 1.20 bits per heavy atom. The van der Waals surface area contributed by atoms with Crippen molar-refractivity contribution in [3.63, 3.8) is 0 Å². The highest BCUT2D eigenvalue weighted by Crippen LogP contribution is 2.27. The molecule has 1 amide bonds. The number of aliphatic imine (C=N–C) groups is 1. The van der Waals surface area contributed by atoms with Gasteiger partial charge in [-0.3, -0.25) is 9.79 Å². The first-order valence-corrected chi connectivity index (χ1v) is 9.67. The van der Waals surface area contributed by atoms with Crippen molar-refractivity contribution in [2.24, 2.45) is 4.99 Å². The van der Waals surface area contributed by atoms with Gasteiger partial charge in [-0.1, -0.05) is 0 Å². The summed E-state index contributed by atoms with van der Waals surface area (Å²) in [5.74, 6) is -1.46. The fraction of sp³-hybridized carbons (Fsp3) is 0.400. The molecule has 2 heterocycles. The van der Waals surface area contributed by atoms with Crippen molar-refractivity contribution in [3.8, 4) is 0 Å². The second kappa shape index (κ2) is 8.41. The Bertz CT molecular complexity index is 1000. The van der Waals surface area contributed by atoms with E-state index in [-0.39, 0.29) is 24.4 Å². The first-order valence-electron chi connectivity index (χ1n) is 9.67. The Morgan fingerprint density at radius 2 is 2.03 bits per heavy atom. The van der Waals surface area contributed by atoms with E-state index in [0.717, 1.165) is 24.6 Å². The number of hydrogen-bond donors (Lipinski definition) is 4. The lowest BCUT2D eigenvalue weighted by Gasteiger charge is -2.33. The van der Waals surface area contributed by atoms with Crippen LogP contribution in [-0.2, 0) is 17.9 Å². The van der Waals surface area contributed by atoms with Crippen molar-refractivity contribution >= 4 is 17.4 Å². The van der Waals surface area contributed by atoms with Crippen molar-refractivity contribution in [1.82, 2.24) is 15.3 Å². The van der Waals surface area contributed by atoms with Crippen molar-refractivity contribution in [2.75, 3.05) is 5.32 Å². The number of carbonyl (C=O) groups excluding carboxylic acids is 1. The number of rotatable bonds is 5. The third-order valence-corrected chi connectivity index (χ3v) is 5.36. The van der Waals surface area contributed by atoms with Gasteiger partial charge in [-0.2, -0.15) is 0 Å². The van der Waals surface area contributed by atoms with E-state index in [1.165, 1.54) is 6.33 Å². The minimum atomic E-state index is -0.962. The lowest BCUT2D eigenvalue weighted by Crippen LogP contribution is -2.45. The molecule has 10 heteroatoms. The van der Waals surface area contributed by atoms with Crippen LogP contribution in [0.4, 0.5) is 14.6 Å². The molecule has 1 saturated carbocycles. The smallest absolute Gasteiger partial charge is 0.270 e. The summed E-state index contributed by atoms with van der Waals surface area (Å²) in [6.07, 6.45) is 1.44. The molecule has 0 radical (unpaired) electrons. The molecule has 4 N–H and O–H groups in total. The predicted octanol–water partition coefficient (Wildman–Crippen LogP) is 1.06. The van der Waals surface area contributed by atoms with Crippen molar-refractivity contribution < 1.29 is 23.8 Å². The van der Waals surface area contributed by atoms with Crippen LogP contribution in [0.1, 0.15) is 36.1 Å². The molecule has 1 fully saturated rings. The molecule has 1 aliphatic carbocycles. The molecule has 3 atom stereocenters. The summed E-state index contributed by atoms with van der Waals surface area (Å²) in [5.41, 5.74) is 1.04. The van der Waals surface area contributed by atoms with Gasteiger partial charge in [-0.05, 0) is 37.5 Å². The van der Waals surface area contributed by atoms with Crippen LogP contribution in [0.15, 0.2) is 29.5 Å². The van der Waals surface area contributed by atoms with Crippen LogP contribution in [0.2, 0.25) is 0 Å². The number of nitrogens with one attached hydrogen (secondary N) is 2. The number of benzene rings is 1. The summed E-state index contributed by atoms with van der Waals surface area (Å²) in [5, 5.41) is 25.8. The van der Waals surface area contributed by atoms with Crippen molar-refractivity contribution in [3.05, 3.63) is 53.0 Å². The van der Waals surface area contributed by atoms with Gasteiger partial charge in [0.25, 0.3) is 5.91 Å². The standard InChI is InChI=1S/C20H21F2N5O3/c21-11-4-5-12(22)10(6-11)7-24-20(30)17-16-14(8-23-17)25-9-26-19(16)27-13-2-1-3-15(28)18(13)29/h4-6,9,13,15,18,28-29H,1-3,7-8H2,(H,24,30)(H,25,26,27)/t13-,15-,18+/m1/s1.